The molecule has 132 valence electrons. The van der Waals surface area contributed by atoms with E-state index in [9.17, 15) is 4.79 Å². The molecular weight excluding hydrogens is 318 g/mol. The molecule has 0 saturated carbocycles. The minimum atomic E-state index is -0.308. The number of fused-ring (bicyclic) bond motifs is 2. The summed E-state index contributed by atoms with van der Waals surface area (Å²) < 4.78 is 10.9. The number of aromatic nitrogens is 1. The number of benzene rings is 1. The summed E-state index contributed by atoms with van der Waals surface area (Å²) in [6.45, 7) is 9.56. The van der Waals surface area contributed by atoms with Gasteiger partial charge in [0.15, 0.2) is 0 Å². The number of pyridine rings is 1. The molecule has 2 aliphatic rings. The minimum absolute atomic E-state index is 0.308. The van der Waals surface area contributed by atoms with Crippen molar-refractivity contribution in [2.24, 2.45) is 0 Å². The van der Waals surface area contributed by atoms with E-state index in [2.05, 4.69) is 28.9 Å². The molecule has 0 unspecified atom stereocenters. The Kier molecular flexibility index (Phi) is 4.31. The minimum Gasteiger partial charge on any atom is -0.391 e. The van der Waals surface area contributed by atoms with Crippen LogP contribution in [0.15, 0.2) is 18.2 Å². The number of carbonyl (C=O) groups is 1. The first-order valence-corrected chi connectivity index (χ1v) is 8.78. The number of hydrogen-bond acceptors (Lipinski definition) is 5. The standard InChI is InChI=1S/C19H23N3O3/c1-13-9-14(2)16-11-15-12-22(4-3-21-5-7-24-8-6-21)19(23)25-18(15)20-17(16)10-13/h9-11H,3-8,12H2,1-2H3. The topological polar surface area (TPSA) is 54.9 Å². The van der Waals surface area contributed by atoms with Crippen LogP contribution in [-0.2, 0) is 11.3 Å². The Balaban J connectivity index is 1.54. The molecule has 0 spiro atoms. The summed E-state index contributed by atoms with van der Waals surface area (Å²) in [5.74, 6) is 0.449. The second-order valence-corrected chi connectivity index (χ2v) is 6.84. The van der Waals surface area contributed by atoms with Crippen molar-refractivity contribution >= 4 is 17.0 Å². The molecule has 1 aromatic heterocycles. The number of morpholine rings is 1. The fraction of sp³-hybridized carbons (Fsp3) is 0.474. The van der Waals surface area contributed by atoms with Crippen LogP contribution in [0.2, 0.25) is 0 Å². The molecule has 2 aromatic rings. The molecule has 6 nitrogen and oxygen atoms in total. The highest BCUT2D eigenvalue weighted by Gasteiger charge is 2.27. The van der Waals surface area contributed by atoms with E-state index in [1.165, 1.54) is 5.56 Å². The van der Waals surface area contributed by atoms with Crippen LogP contribution in [0.25, 0.3) is 10.9 Å². The molecule has 6 heteroatoms. The number of aryl methyl sites for hydroxylation is 2. The van der Waals surface area contributed by atoms with E-state index in [4.69, 9.17) is 9.47 Å². The van der Waals surface area contributed by atoms with Crippen LogP contribution in [0, 0.1) is 13.8 Å². The van der Waals surface area contributed by atoms with Gasteiger partial charge in [-0.3, -0.25) is 4.90 Å². The van der Waals surface area contributed by atoms with E-state index < -0.39 is 0 Å². The largest absolute Gasteiger partial charge is 0.416 e. The number of hydrogen-bond donors (Lipinski definition) is 0. The fourth-order valence-electron chi connectivity index (χ4n) is 3.53. The van der Waals surface area contributed by atoms with Crippen LogP contribution in [0.5, 0.6) is 5.88 Å². The summed E-state index contributed by atoms with van der Waals surface area (Å²) in [5, 5.41) is 1.12. The molecule has 1 fully saturated rings. The van der Waals surface area contributed by atoms with Crippen molar-refractivity contribution in [1.82, 2.24) is 14.8 Å². The monoisotopic (exact) mass is 341 g/mol. The zero-order valence-electron chi connectivity index (χ0n) is 14.7. The maximum Gasteiger partial charge on any atom is 0.416 e. The third-order valence-corrected chi connectivity index (χ3v) is 4.92. The zero-order chi connectivity index (χ0) is 17.4. The highest BCUT2D eigenvalue weighted by molar-refractivity contribution is 5.85. The Labute approximate surface area is 147 Å². The Morgan fingerprint density at radius 2 is 1.92 bits per heavy atom. The summed E-state index contributed by atoms with van der Waals surface area (Å²) in [4.78, 5) is 21.0. The number of rotatable bonds is 3. The van der Waals surface area contributed by atoms with E-state index in [1.807, 2.05) is 13.0 Å². The van der Waals surface area contributed by atoms with Crippen molar-refractivity contribution in [3.05, 3.63) is 34.9 Å². The summed E-state index contributed by atoms with van der Waals surface area (Å²) >= 11 is 0. The highest BCUT2D eigenvalue weighted by Crippen LogP contribution is 2.29. The molecular formula is C19H23N3O3. The molecule has 4 rings (SSSR count). The van der Waals surface area contributed by atoms with Crippen molar-refractivity contribution in [3.8, 4) is 5.88 Å². The average Bonchev–Trinajstić information content (AvgIpc) is 2.59. The lowest BCUT2D eigenvalue weighted by Gasteiger charge is -2.31. The molecule has 0 N–H and O–H groups in total. The molecule has 2 aliphatic heterocycles. The number of ether oxygens (including phenoxy) is 2. The van der Waals surface area contributed by atoms with Crippen LogP contribution >= 0.6 is 0 Å². The third kappa shape index (κ3) is 3.32. The van der Waals surface area contributed by atoms with Gasteiger partial charge in [0.25, 0.3) is 0 Å². The van der Waals surface area contributed by atoms with E-state index in [0.29, 0.717) is 19.0 Å². The van der Waals surface area contributed by atoms with Gasteiger partial charge in [-0.2, -0.15) is 0 Å². The Morgan fingerprint density at radius 3 is 2.72 bits per heavy atom. The summed E-state index contributed by atoms with van der Waals surface area (Å²) in [7, 11) is 0. The van der Waals surface area contributed by atoms with Gasteiger partial charge >= 0.3 is 6.09 Å². The smallest absolute Gasteiger partial charge is 0.391 e. The first-order chi connectivity index (χ1) is 12.1. The van der Waals surface area contributed by atoms with Gasteiger partial charge in [0.1, 0.15) is 0 Å². The van der Waals surface area contributed by atoms with Gasteiger partial charge in [-0.15, -0.1) is 0 Å². The average molecular weight is 341 g/mol. The fourth-order valence-corrected chi connectivity index (χ4v) is 3.53. The second kappa shape index (κ2) is 6.61. The lowest BCUT2D eigenvalue weighted by Crippen LogP contribution is -2.45. The lowest BCUT2D eigenvalue weighted by atomic mass is 10.0. The van der Waals surface area contributed by atoms with Gasteiger partial charge in [-0.1, -0.05) is 6.07 Å². The van der Waals surface area contributed by atoms with Crippen molar-refractivity contribution < 1.29 is 14.3 Å². The van der Waals surface area contributed by atoms with Crippen LogP contribution in [0.4, 0.5) is 4.79 Å². The van der Waals surface area contributed by atoms with Crippen molar-refractivity contribution in [3.63, 3.8) is 0 Å². The van der Waals surface area contributed by atoms with Crippen LogP contribution in [0.1, 0.15) is 16.7 Å². The molecule has 0 aliphatic carbocycles. The Hall–Kier alpha value is -2.18. The Bertz CT molecular complexity index is 815. The predicted octanol–water partition coefficient (Wildman–Crippen LogP) is 2.50. The van der Waals surface area contributed by atoms with Gasteiger partial charge in [-0.05, 0) is 37.1 Å². The van der Waals surface area contributed by atoms with E-state index in [0.717, 1.165) is 54.9 Å². The first kappa shape index (κ1) is 16.3. The quantitative estimate of drug-likeness (QED) is 0.858. The molecule has 0 radical (unpaired) electrons. The molecule has 25 heavy (non-hydrogen) atoms. The van der Waals surface area contributed by atoms with Crippen LogP contribution < -0.4 is 4.74 Å². The molecule has 3 heterocycles. The van der Waals surface area contributed by atoms with Crippen molar-refractivity contribution in [2.45, 2.75) is 20.4 Å². The molecule has 0 bridgehead atoms. The van der Waals surface area contributed by atoms with Gasteiger partial charge in [0, 0.05) is 37.1 Å². The lowest BCUT2D eigenvalue weighted by molar-refractivity contribution is 0.0328. The van der Waals surface area contributed by atoms with Crippen molar-refractivity contribution in [1.29, 1.82) is 0 Å². The number of amides is 1. The van der Waals surface area contributed by atoms with E-state index >= 15 is 0 Å². The SMILES string of the molecule is Cc1cc(C)c2cc3c(nc2c1)OC(=O)N(CCN1CCOCC1)C3. The second-order valence-electron chi connectivity index (χ2n) is 6.84. The Morgan fingerprint density at radius 1 is 1.12 bits per heavy atom. The number of nitrogens with zero attached hydrogens (tertiary/aromatic N) is 3. The van der Waals surface area contributed by atoms with Crippen LogP contribution in [0.3, 0.4) is 0 Å². The maximum atomic E-state index is 12.3. The van der Waals surface area contributed by atoms with E-state index in [1.54, 1.807) is 4.90 Å². The highest BCUT2D eigenvalue weighted by atomic mass is 16.6. The summed E-state index contributed by atoms with van der Waals surface area (Å²) in [6, 6.07) is 6.29. The molecule has 1 aromatic carbocycles. The molecule has 1 saturated heterocycles. The predicted molar refractivity (Wildman–Crippen MR) is 94.9 cm³/mol. The van der Waals surface area contributed by atoms with Crippen LogP contribution in [-0.4, -0.2) is 60.3 Å². The number of carbonyl (C=O) groups excluding carboxylic acids is 1. The van der Waals surface area contributed by atoms with E-state index in [-0.39, 0.29) is 6.09 Å². The van der Waals surface area contributed by atoms with Gasteiger partial charge in [0.2, 0.25) is 5.88 Å². The normalized spacial score (nSPS) is 18.3. The first-order valence-electron chi connectivity index (χ1n) is 8.78. The van der Waals surface area contributed by atoms with Gasteiger partial charge in [0.05, 0.1) is 25.3 Å². The van der Waals surface area contributed by atoms with Crippen molar-refractivity contribution in [2.75, 3.05) is 39.4 Å². The molecule has 0 atom stereocenters. The summed E-state index contributed by atoms with van der Waals surface area (Å²) in [6.07, 6.45) is -0.308. The third-order valence-electron chi connectivity index (χ3n) is 4.92. The summed E-state index contributed by atoms with van der Waals surface area (Å²) in [5.41, 5.74) is 4.21. The van der Waals surface area contributed by atoms with Gasteiger partial charge in [-0.25, -0.2) is 9.78 Å². The van der Waals surface area contributed by atoms with Gasteiger partial charge < -0.3 is 14.4 Å². The zero-order valence-corrected chi connectivity index (χ0v) is 14.7. The maximum absolute atomic E-state index is 12.3. The molecule has 1 amide bonds.